The highest BCUT2D eigenvalue weighted by Crippen LogP contribution is 2.28. The van der Waals surface area contributed by atoms with Gasteiger partial charge in [-0.1, -0.05) is 11.6 Å². The van der Waals surface area contributed by atoms with Crippen LogP contribution in [-0.4, -0.2) is 25.2 Å². The van der Waals surface area contributed by atoms with Crippen molar-refractivity contribution in [2.24, 2.45) is 11.7 Å². The van der Waals surface area contributed by atoms with Crippen LogP contribution in [0, 0.1) is 5.92 Å². The molecule has 0 unspecified atom stereocenters. The molecule has 0 aliphatic heterocycles. The van der Waals surface area contributed by atoms with E-state index in [4.69, 9.17) is 22.1 Å². The predicted molar refractivity (Wildman–Crippen MR) is 71.6 cm³/mol. The molecule has 18 heavy (non-hydrogen) atoms. The van der Waals surface area contributed by atoms with Gasteiger partial charge in [0, 0.05) is 10.7 Å². The second kappa shape index (κ2) is 6.18. The van der Waals surface area contributed by atoms with E-state index in [2.05, 4.69) is 5.32 Å². The Morgan fingerprint density at radius 3 is 2.67 bits per heavy atom. The zero-order chi connectivity index (χ0) is 13.0. The Balaban J connectivity index is 1.68. The molecule has 3 N–H and O–H groups in total. The van der Waals surface area contributed by atoms with Crippen LogP contribution in [0.3, 0.4) is 0 Å². The summed E-state index contributed by atoms with van der Waals surface area (Å²) in [5.74, 6) is 0.419. The molecule has 0 bridgehead atoms. The molecular formula is C13H17ClN2O2. The van der Waals surface area contributed by atoms with Gasteiger partial charge in [-0.2, -0.15) is 0 Å². The Hall–Kier alpha value is -1.10. The second-order valence-corrected chi connectivity index (χ2v) is 5.00. The Labute approximate surface area is 111 Å². The minimum Gasteiger partial charge on any atom is -0.368 e. The van der Waals surface area contributed by atoms with Crippen LogP contribution >= 0.6 is 11.6 Å². The lowest BCUT2D eigenvalue weighted by molar-refractivity contribution is -0.125. The summed E-state index contributed by atoms with van der Waals surface area (Å²) in [5, 5.41) is 3.40. The minimum absolute atomic E-state index is 0.0879. The predicted octanol–water partition coefficient (Wildman–Crippen LogP) is 2.03. The molecule has 0 saturated heterocycles. The minimum atomic E-state index is -0.145. The van der Waals surface area contributed by atoms with E-state index in [1.165, 1.54) is 0 Å². The number of carbonyl (C=O) groups excluding carboxylic acids is 1. The summed E-state index contributed by atoms with van der Waals surface area (Å²) >= 11 is 5.76. The van der Waals surface area contributed by atoms with Gasteiger partial charge in [0.1, 0.15) is 6.61 Å². The van der Waals surface area contributed by atoms with Crippen molar-refractivity contribution in [3.63, 3.8) is 0 Å². The van der Waals surface area contributed by atoms with Gasteiger partial charge in [-0.25, -0.2) is 0 Å². The number of ether oxygens (including phenoxy) is 1. The van der Waals surface area contributed by atoms with Gasteiger partial charge in [0.25, 0.3) is 0 Å². The lowest BCUT2D eigenvalue weighted by atomic mass is 9.82. The maximum atomic E-state index is 11.6. The topological polar surface area (TPSA) is 64.3 Å². The maximum Gasteiger partial charge on any atom is 0.250 e. The molecular weight excluding hydrogens is 252 g/mol. The molecule has 1 aromatic rings. The van der Waals surface area contributed by atoms with Gasteiger partial charge in [0.15, 0.2) is 0 Å². The van der Waals surface area contributed by atoms with Crippen LogP contribution < -0.4 is 11.1 Å². The average Bonchev–Trinajstić information content (AvgIpc) is 2.30. The van der Waals surface area contributed by atoms with Crippen LogP contribution in [-0.2, 0) is 9.53 Å². The van der Waals surface area contributed by atoms with Crippen LogP contribution in [0.4, 0.5) is 5.69 Å². The van der Waals surface area contributed by atoms with Crippen molar-refractivity contribution in [3.05, 3.63) is 29.3 Å². The summed E-state index contributed by atoms with van der Waals surface area (Å²) in [6.45, 7) is 0.793. The van der Waals surface area contributed by atoms with E-state index < -0.39 is 0 Å². The van der Waals surface area contributed by atoms with Gasteiger partial charge in [0.2, 0.25) is 5.91 Å². The molecule has 1 fully saturated rings. The first-order chi connectivity index (χ1) is 8.67. The van der Waals surface area contributed by atoms with Crippen LogP contribution in [0.1, 0.15) is 12.8 Å². The number of hydrogen-bond acceptors (Lipinski definition) is 3. The second-order valence-electron chi connectivity index (χ2n) is 4.56. The van der Waals surface area contributed by atoms with Gasteiger partial charge < -0.3 is 15.8 Å². The molecule has 1 aliphatic carbocycles. The fourth-order valence-electron chi connectivity index (χ4n) is 1.93. The van der Waals surface area contributed by atoms with E-state index in [-0.39, 0.29) is 18.6 Å². The standard InChI is InChI=1S/C13H17ClN2O2/c14-10-1-3-11(4-2-10)16-13(17)8-18-12-5-9(6-12)7-15/h1-4,9,12H,5-8,15H2,(H,16,17). The van der Waals surface area contributed by atoms with E-state index in [1.54, 1.807) is 24.3 Å². The monoisotopic (exact) mass is 268 g/mol. The smallest absolute Gasteiger partial charge is 0.250 e. The van der Waals surface area contributed by atoms with E-state index in [1.807, 2.05) is 0 Å². The molecule has 0 atom stereocenters. The fourth-order valence-corrected chi connectivity index (χ4v) is 2.05. The quantitative estimate of drug-likeness (QED) is 0.859. The molecule has 1 aliphatic rings. The van der Waals surface area contributed by atoms with E-state index in [0.29, 0.717) is 17.5 Å². The van der Waals surface area contributed by atoms with Gasteiger partial charge in [-0.3, -0.25) is 4.79 Å². The van der Waals surface area contributed by atoms with E-state index >= 15 is 0 Å². The van der Waals surface area contributed by atoms with Gasteiger partial charge >= 0.3 is 0 Å². The lowest BCUT2D eigenvalue weighted by Gasteiger charge is -2.33. The van der Waals surface area contributed by atoms with Gasteiger partial charge in [0.05, 0.1) is 6.10 Å². The highest BCUT2D eigenvalue weighted by atomic mass is 35.5. The fraction of sp³-hybridized carbons (Fsp3) is 0.462. The van der Waals surface area contributed by atoms with Crippen molar-refractivity contribution < 1.29 is 9.53 Å². The molecule has 0 radical (unpaired) electrons. The molecule has 0 aromatic heterocycles. The zero-order valence-corrected chi connectivity index (χ0v) is 10.8. The Bertz CT molecular complexity index is 402. The SMILES string of the molecule is NCC1CC(OCC(=O)Nc2ccc(Cl)cc2)C1. The molecule has 0 heterocycles. The Morgan fingerprint density at radius 2 is 2.06 bits per heavy atom. The highest BCUT2D eigenvalue weighted by molar-refractivity contribution is 6.30. The van der Waals surface area contributed by atoms with Crippen molar-refractivity contribution in [3.8, 4) is 0 Å². The maximum absolute atomic E-state index is 11.6. The zero-order valence-electron chi connectivity index (χ0n) is 10.1. The number of nitrogens with two attached hydrogens (primary N) is 1. The Morgan fingerprint density at radius 1 is 1.39 bits per heavy atom. The number of nitrogens with one attached hydrogen (secondary N) is 1. The largest absolute Gasteiger partial charge is 0.368 e. The number of halogens is 1. The number of anilines is 1. The van der Waals surface area contributed by atoms with Crippen molar-refractivity contribution in [1.29, 1.82) is 0 Å². The summed E-state index contributed by atoms with van der Waals surface area (Å²) in [6.07, 6.45) is 2.12. The van der Waals surface area contributed by atoms with Crippen molar-refractivity contribution in [2.75, 3.05) is 18.5 Å². The van der Waals surface area contributed by atoms with Crippen molar-refractivity contribution in [1.82, 2.24) is 0 Å². The molecule has 5 heteroatoms. The third-order valence-electron chi connectivity index (χ3n) is 3.10. The summed E-state index contributed by atoms with van der Waals surface area (Å²) in [6, 6.07) is 6.98. The number of carbonyl (C=O) groups is 1. The highest BCUT2D eigenvalue weighted by Gasteiger charge is 2.28. The first-order valence-electron chi connectivity index (χ1n) is 6.04. The third-order valence-corrected chi connectivity index (χ3v) is 3.36. The van der Waals surface area contributed by atoms with E-state index in [0.717, 1.165) is 18.5 Å². The van der Waals surface area contributed by atoms with Crippen LogP contribution in [0.15, 0.2) is 24.3 Å². The van der Waals surface area contributed by atoms with Crippen LogP contribution in [0.5, 0.6) is 0 Å². The summed E-state index contributed by atoms with van der Waals surface area (Å²) in [5.41, 5.74) is 6.24. The van der Waals surface area contributed by atoms with E-state index in [9.17, 15) is 4.79 Å². The summed E-state index contributed by atoms with van der Waals surface area (Å²) in [4.78, 5) is 11.6. The number of amides is 1. The number of benzene rings is 1. The van der Waals surface area contributed by atoms with Crippen LogP contribution in [0.2, 0.25) is 5.02 Å². The van der Waals surface area contributed by atoms with Gasteiger partial charge in [-0.05, 0) is 49.6 Å². The van der Waals surface area contributed by atoms with Crippen molar-refractivity contribution >= 4 is 23.2 Å². The van der Waals surface area contributed by atoms with Crippen molar-refractivity contribution in [2.45, 2.75) is 18.9 Å². The number of hydrogen-bond donors (Lipinski definition) is 2. The van der Waals surface area contributed by atoms with Crippen LogP contribution in [0.25, 0.3) is 0 Å². The molecule has 98 valence electrons. The first kappa shape index (κ1) is 13.3. The molecule has 1 amide bonds. The average molecular weight is 269 g/mol. The number of rotatable bonds is 5. The first-order valence-corrected chi connectivity index (χ1v) is 6.42. The third kappa shape index (κ3) is 3.70. The molecule has 0 spiro atoms. The molecule has 4 nitrogen and oxygen atoms in total. The summed E-state index contributed by atoms with van der Waals surface area (Å²) in [7, 11) is 0. The molecule has 2 rings (SSSR count). The Kier molecular flexibility index (Phi) is 4.58. The lowest BCUT2D eigenvalue weighted by Crippen LogP contribution is -2.37. The molecule has 1 aromatic carbocycles. The summed E-state index contributed by atoms with van der Waals surface area (Å²) < 4.78 is 5.47. The van der Waals surface area contributed by atoms with Gasteiger partial charge in [-0.15, -0.1) is 0 Å². The normalized spacial score (nSPS) is 22.3. The molecule has 1 saturated carbocycles.